The zero-order chi connectivity index (χ0) is 13.0. The molecule has 0 saturated carbocycles. The second-order valence-electron chi connectivity index (χ2n) is 5.23. The molecule has 1 saturated heterocycles. The average Bonchev–Trinajstić information content (AvgIpc) is 2.46. The first-order chi connectivity index (χ1) is 8.74. The molecule has 3 heteroatoms. The van der Waals surface area contributed by atoms with Crippen LogP contribution in [0.25, 0.3) is 0 Å². The average molecular weight is 248 g/mol. The summed E-state index contributed by atoms with van der Waals surface area (Å²) in [7, 11) is 0. The maximum atomic E-state index is 9.73. The van der Waals surface area contributed by atoms with Crippen LogP contribution in [0, 0.1) is 5.92 Å². The van der Waals surface area contributed by atoms with Crippen molar-refractivity contribution in [2.75, 3.05) is 18.0 Å². The van der Waals surface area contributed by atoms with Crippen LogP contribution in [0.1, 0.15) is 51.3 Å². The summed E-state index contributed by atoms with van der Waals surface area (Å²) in [5.74, 6) is 0.819. The Hall–Kier alpha value is -1.09. The maximum absolute atomic E-state index is 9.73. The fourth-order valence-electron chi connectivity index (χ4n) is 2.62. The van der Waals surface area contributed by atoms with Crippen LogP contribution in [0.5, 0.6) is 0 Å². The molecule has 1 aliphatic heterocycles. The molecular weight excluding hydrogens is 224 g/mol. The van der Waals surface area contributed by atoms with E-state index in [0.29, 0.717) is 6.42 Å². The third kappa shape index (κ3) is 3.02. The van der Waals surface area contributed by atoms with Crippen LogP contribution in [0.4, 0.5) is 5.69 Å². The van der Waals surface area contributed by atoms with Crippen molar-refractivity contribution < 1.29 is 5.11 Å². The molecule has 2 rings (SSSR count). The lowest BCUT2D eigenvalue weighted by atomic mass is 9.95. The standard InChI is InChI=1S/C15H24N2O/c1-3-12-6-5-9-17(11-12)13-7-8-14(16-10-13)15(18)4-2/h7-8,10,12,15,18H,3-6,9,11H2,1-2H3/t12?,15-/m1/s1. The summed E-state index contributed by atoms with van der Waals surface area (Å²) in [5, 5.41) is 9.73. The molecule has 1 N–H and O–H groups in total. The van der Waals surface area contributed by atoms with E-state index in [2.05, 4.69) is 22.9 Å². The van der Waals surface area contributed by atoms with Crippen molar-refractivity contribution >= 4 is 5.69 Å². The molecule has 0 bridgehead atoms. The van der Waals surface area contributed by atoms with E-state index in [1.54, 1.807) is 0 Å². The number of pyridine rings is 1. The van der Waals surface area contributed by atoms with Crippen LogP contribution in [0.2, 0.25) is 0 Å². The number of piperidine rings is 1. The second-order valence-corrected chi connectivity index (χ2v) is 5.23. The van der Waals surface area contributed by atoms with Crippen molar-refractivity contribution in [3.05, 3.63) is 24.0 Å². The Labute approximate surface area is 110 Å². The summed E-state index contributed by atoms with van der Waals surface area (Å²) < 4.78 is 0. The van der Waals surface area contributed by atoms with E-state index in [-0.39, 0.29) is 0 Å². The van der Waals surface area contributed by atoms with Gasteiger partial charge in [-0.1, -0.05) is 20.3 Å². The van der Waals surface area contributed by atoms with Gasteiger partial charge >= 0.3 is 0 Å². The molecule has 0 radical (unpaired) electrons. The van der Waals surface area contributed by atoms with Crippen molar-refractivity contribution in [1.82, 2.24) is 4.98 Å². The lowest BCUT2D eigenvalue weighted by Gasteiger charge is -2.33. The summed E-state index contributed by atoms with van der Waals surface area (Å²) in [6.45, 7) is 6.52. The number of anilines is 1. The smallest absolute Gasteiger partial charge is 0.0957 e. The Bertz CT molecular complexity index is 363. The van der Waals surface area contributed by atoms with Crippen LogP contribution in [0.3, 0.4) is 0 Å². The van der Waals surface area contributed by atoms with Crippen molar-refractivity contribution in [3.8, 4) is 0 Å². The number of hydrogen-bond acceptors (Lipinski definition) is 3. The monoisotopic (exact) mass is 248 g/mol. The van der Waals surface area contributed by atoms with Crippen LogP contribution in [0.15, 0.2) is 18.3 Å². The number of aliphatic hydroxyl groups is 1. The van der Waals surface area contributed by atoms with E-state index in [1.807, 2.05) is 19.2 Å². The van der Waals surface area contributed by atoms with E-state index in [9.17, 15) is 5.11 Å². The minimum absolute atomic E-state index is 0.427. The zero-order valence-corrected chi connectivity index (χ0v) is 11.5. The summed E-state index contributed by atoms with van der Waals surface area (Å²) in [6, 6.07) is 4.05. The second kappa shape index (κ2) is 6.19. The van der Waals surface area contributed by atoms with Gasteiger partial charge in [-0.05, 0) is 37.3 Å². The van der Waals surface area contributed by atoms with E-state index in [0.717, 1.165) is 24.7 Å². The Morgan fingerprint density at radius 3 is 2.89 bits per heavy atom. The van der Waals surface area contributed by atoms with Gasteiger partial charge in [0.05, 0.1) is 23.7 Å². The molecule has 1 aromatic rings. The highest BCUT2D eigenvalue weighted by molar-refractivity contribution is 5.45. The van der Waals surface area contributed by atoms with Gasteiger partial charge in [0, 0.05) is 13.1 Å². The van der Waals surface area contributed by atoms with E-state index in [4.69, 9.17) is 0 Å². The van der Waals surface area contributed by atoms with Gasteiger partial charge in [0.2, 0.25) is 0 Å². The third-order valence-corrected chi connectivity index (χ3v) is 3.96. The maximum Gasteiger partial charge on any atom is 0.0957 e. The van der Waals surface area contributed by atoms with Gasteiger partial charge in [0.15, 0.2) is 0 Å². The highest BCUT2D eigenvalue weighted by atomic mass is 16.3. The number of aromatic nitrogens is 1. The fraction of sp³-hybridized carbons (Fsp3) is 0.667. The third-order valence-electron chi connectivity index (χ3n) is 3.96. The van der Waals surface area contributed by atoms with Crippen LogP contribution < -0.4 is 4.90 Å². The van der Waals surface area contributed by atoms with Crippen molar-refractivity contribution in [2.45, 2.75) is 45.6 Å². The zero-order valence-electron chi connectivity index (χ0n) is 11.5. The van der Waals surface area contributed by atoms with Gasteiger partial charge in [-0.15, -0.1) is 0 Å². The minimum atomic E-state index is -0.427. The minimum Gasteiger partial charge on any atom is -0.387 e. The first kappa shape index (κ1) is 13.3. The molecule has 18 heavy (non-hydrogen) atoms. The van der Waals surface area contributed by atoms with Gasteiger partial charge in [-0.3, -0.25) is 4.98 Å². The molecule has 2 heterocycles. The lowest BCUT2D eigenvalue weighted by molar-refractivity contribution is 0.169. The number of nitrogens with zero attached hydrogens (tertiary/aromatic N) is 2. The van der Waals surface area contributed by atoms with Crippen molar-refractivity contribution in [3.63, 3.8) is 0 Å². The fourth-order valence-corrected chi connectivity index (χ4v) is 2.62. The van der Waals surface area contributed by atoms with E-state index < -0.39 is 6.10 Å². The van der Waals surface area contributed by atoms with Gasteiger partial charge in [-0.2, -0.15) is 0 Å². The highest BCUT2D eigenvalue weighted by Crippen LogP contribution is 2.25. The van der Waals surface area contributed by atoms with Crippen molar-refractivity contribution in [1.29, 1.82) is 0 Å². The Kier molecular flexibility index (Phi) is 4.59. The van der Waals surface area contributed by atoms with Crippen LogP contribution >= 0.6 is 0 Å². The van der Waals surface area contributed by atoms with Gasteiger partial charge in [0.25, 0.3) is 0 Å². The van der Waals surface area contributed by atoms with Gasteiger partial charge < -0.3 is 10.0 Å². The molecule has 1 aromatic heterocycles. The molecular formula is C15H24N2O. The Morgan fingerprint density at radius 1 is 1.44 bits per heavy atom. The Balaban J connectivity index is 2.04. The quantitative estimate of drug-likeness (QED) is 0.889. The lowest BCUT2D eigenvalue weighted by Crippen LogP contribution is -2.35. The predicted octanol–water partition coefficient (Wildman–Crippen LogP) is 3.15. The van der Waals surface area contributed by atoms with Crippen LogP contribution in [-0.4, -0.2) is 23.2 Å². The van der Waals surface area contributed by atoms with Gasteiger partial charge in [0.1, 0.15) is 0 Å². The first-order valence-corrected chi connectivity index (χ1v) is 7.13. The predicted molar refractivity (Wildman–Crippen MR) is 74.7 cm³/mol. The molecule has 0 spiro atoms. The molecule has 100 valence electrons. The number of rotatable bonds is 4. The molecule has 0 aliphatic carbocycles. The first-order valence-electron chi connectivity index (χ1n) is 7.13. The molecule has 1 aliphatic rings. The highest BCUT2D eigenvalue weighted by Gasteiger charge is 2.19. The molecule has 1 unspecified atom stereocenters. The van der Waals surface area contributed by atoms with Crippen molar-refractivity contribution in [2.24, 2.45) is 5.92 Å². The van der Waals surface area contributed by atoms with Crippen LogP contribution in [-0.2, 0) is 0 Å². The van der Waals surface area contributed by atoms with E-state index >= 15 is 0 Å². The number of aliphatic hydroxyl groups excluding tert-OH is 1. The van der Waals surface area contributed by atoms with E-state index in [1.165, 1.54) is 24.9 Å². The number of hydrogen-bond donors (Lipinski definition) is 1. The summed E-state index contributed by atoms with van der Waals surface area (Å²) in [6.07, 6.45) is 6.09. The topological polar surface area (TPSA) is 36.4 Å². The van der Waals surface area contributed by atoms with Gasteiger partial charge in [-0.25, -0.2) is 0 Å². The summed E-state index contributed by atoms with van der Waals surface area (Å²) in [4.78, 5) is 6.81. The molecule has 2 atom stereocenters. The summed E-state index contributed by atoms with van der Waals surface area (Å²) in [5.41, 5.74) is 1.98. The largest absolute Gasteiger partial charge is 0.387 e. The molecule has 1 fully saturated rings. The molecule has 0 aromatic carbocycles. The molecule has 0 amide bonds. The SMILES string of the molecule is CCC1CCCN(c2ccc([C@H](O)CC)nc2)C1. The molecule has 3 nitrogen and oxygen atoms in total. The summed E-state index contributed by atoms with van der Waals surface area (Å²) >= 11 is 0. The Morgan fingerprint density at radius 2 is 2.28 bits per heavy atom. The normalized spacial score (nSPS) is 21.9.